The molecule has 1 saturated heterocycles. The van der Waals surface area contributed by atoms with Crippen molar-refractivity contribution in [3.8, 4) is 11.5 Å². The van der Waals surface area contributed by atoms with Gasteiger partial charge in [0.15, 0.2) is 11.5 Å². The SMILES string of the molecule is COc1ccc(N2CC(C)(CO)C(=O)N2)cc1OC. The number of carbonyl (C=O) groups is 1. The molecular weight excluding hydrogens is 248 g/mol. The van der Waals surface area contributed by atoms with Gasteiger partial charge in [0.25, 0.3) is 0 Å². The van der Waals surface area contributed by atoms with Crippen molar-refractivity contribution in [2.45, 2.75) is 6.92 Å². The summed E-state index contributed by atoms with van der Waals surface area (Å²) in [6, 6.07) is 5.38. The lowest BCUT2D eigenvalue weighted by atomic mass is 9.92. The molecule has 1 aliphatic heterocycles. The van der Waals surface area contributed by atoms with Crippen molar-refractivity contribution in [1.29, 1.82) is 0 Å². The van der Waals surface area contributed by atoms with Crippen molar-refractivity contribution in [2.75, 3.05) is 32.4 Å². The average Bonchev–Trinajstić information content (AvgIpc) is 2.74. The lowest BCUT2D eigenvalue weighted by molar-refractivity contribution is -0.128. The summed E-state index contributed by atoms with van der Waals surface area (Å²) >= 11 is 0. The monoisotopic (exact) mass is 266 g/mol. The minimum atomic E-state index is -0.785. The van der Waals surface area contributed by atoms with Crippen molar-refractivity contribution in [1.82, 2.24) is 5.43 Å². The Bertz CT molecular complexity index is 492. The average molecular weight is 266 g/mol. The number of amides is 1. The van der Waals surface area contributed by atoms with E-state index in [-0.39, 0.29) is 12.5 Å². The quantitative estimate of drug-likeness (QED) is 0.833. The molecule has 0 bridgehead atoms. The molecule has 0 radical (unpaired) electrons. The number of methoxy groups -OCH3 is 2. The Kier molecular flexibility index (Phi) is 3.53. The van der Waals surface area contributed by atoms with Gasteiger partial charge >= 0.3 is 0 Å². The van der Waals surface area contributed by atoms with Crippen LogP contribution < -0.4 is 19.9 Å². The van der Waals surface area contributed by atoms with Gasteiger partial charge in [-0.25, -0.2) is 0 Å². The van der Waals surface area contributed by atoms with E-state index in [4.69, 9.17) is 9.47 Å². The summed E-state index contributed by atoms with van der Waals surface area (Å²) < 4.78 is 10.4. The number of rotatable bonds is 4. The van der Waals surface area contributed by atoms with Crippen LogP contribution in [0, 0.1) is 5.41 Å². The molecule has 0 aromatic heterocycles. The summed E-state index contributed by atoms with van der Waals surface area (Å²) in [5, 5.41) is 11.0. The molecule has 1 aromatic carbocycles. The normalized spacial score (nSPS) is 22.3. The number of nitrogens with one attached hydrogen (secondary N) is 1. The molecule has 0 aliphatic carbocycles. The number of hydrogen-bond acceptors (Lipinski definition) is 5. The molecule has 1 atom stereocenters. The Morgan fingerprint density at radius 1 is 1.37 bits per heavy atom. The Morgan fingerprint density at radius 2 is 2.05 bits per heavy atom. The van der Waals surface area contributed by atoms with E-state index in [1.165, 1.54) is 0 Å². The fourth-order valence-corrected chi connectivity index (χ4v) is 1.99. The van der Waals surface area contributed by atoms with Gasteiger partial charge < -0.3 is 14.6 Å². The van der Waals surface area contributed by atoms with Crippen LogP contribution in [0.4, 0.5) is 5.69 Å². The van der Waals surface area contributed by atoms with Gasteiger partial charge in [-0.15, -0.1) is 0 Å². The van der Waals surface area contributed by atoms with Gasteiger partial charge in [-0.2, -0.15) is 0 Å². The van der Waals surface area contributed by atoms with Crippen LogP contribution in [0.2, 0.25) is 0 Å². The first kappa shape index (κ1) is 13.5. The van der Waals surface area contributed by atoms with Crippen LogP contribution in [-0.2, 0) is 4.79 Å². The number of carbonyl (C=O) groups excluding carboxylic acids is 1. The summed E-state index contributed by atoms with van der Waals surface area (Å²) in [6.07, 6.45) is 0. The van der Waals surface area contributed by atoms with Crippen molar-refractivity contribution in [2.24, 2.45) is 5.41 Å². The first-order valence-corrected chi connectivity index (χ1v) is 5.95. The van der Waals surface area contributed by atoms with E-state index < -0.39 is 5.41 Å². The maximum Gasteiger partial charge on any atom is 0.248 e. The Morgan fingerprint density at radius 3 is 2.58 bits per heavy atom. The molecule has 1 amide bonds. The van der Waals surface area contributed by atoms with E-state index in [1.54, 1.807) is 38.3 Å². The van der Waals surface area contributed by atoms with E-state index in [0.717, 1.165) is 5.69 Å². The first-order chi connectivity index (χ1) is 9.04. The molecule has 6 nitrogen and oxygen atoms in total. The highest BCUT2D eigenvalue weighted by Crippen LogP contribution is 2.34. The fourth-order valence-electron chi connectivity index (χ4n) is 1.99. The van der Waals surface area contributed by atoms with Crippen molar-refractivity contribution >= 4 is 11.6 Å². The predicted octanol–water partition coefficient (Wildman–Crippen LogP) is 0.554. The van der Waals surface area contributed by atoms with E-state index in [2.05, 4.69) is 5.43 Å². The van der Waals surface area contributed by atoms with Gasteiger partial charge in [0.2, 0.25) is 5.91 Å². The highest BCUT2D eigenvalue weighted by Gasteiger charge is 2.42. The number of nitrogens with zero attached hydrogens (tertiary/aromatic N) is 1. The van der Waals surface area contributed by atoms with Gasteiger partial charge in [-0.05, 0) is 19.1 Å². The third kappa shape index (κ3) is 2.31. The molecule has 1 heterocycles. The number of anilines is 1. The molecular formula is C13H18N2O4. The first-order valence-electron chi connectivity index (χ1n) is 5.95. The van der Waals surface area contributed by atoms with E-state index in [0.29, 0.717) is 18.0 Å². The highest BCUT2D eigenvalue weighted by atomic mass is 16.5. The molecule has 1 aliphatic rings. The fraction of sp³-hybridized carbons (Fsp3) is 0.462. The van der Waals surface area contributed by atoms with Crippen LogP contribution in [-0.4, -0.2) is 38.4 Å². The third-order valence-corrected chi connectivity index (χ3v) is 3.32. The number of aliphatic hydroxyl groups is 1. The topological polar surface area (TPSA) is 71.0 Å². The van der Waals surface area contributed by atoms with Crippen LogP contribution in [0.25, 0.3) is 0 Å². The third-order valence-electron chi connectivity index (χ3n) is 3.32. The lowest BCUT2D eigenvalue weighted by Crippen LogP contribution is -2.34. The molecule has 19 heavy (non-hydrogen) atoms. The molecule has 0 spiro atoms. The van der Waals surface area contributed by atoms with Gasteiger partial charge in [-0.1, -0.05) is 0 Å². The van der Waals surface area contributed by atoms with Crippen LogP contribution in [0.5, 0.6) is 11.5 Å². The molecule has 2 rings (SSSR count). The van der Waals surface area contributed by atoms with E-state index in [1.807, 2.05) is 6.07 Å². The minimum Gasteiger partial charge on any atom is -0.493 e. The maximum atomic E-state index is 11.8. The minimum absolute atomic E-state index is 0.190. The Balaban J connectivity index is 2.27. The predicted molar refractivity (Wildman–Crippen MR) is 70.2 cm³/mol. The molecule has 6 heteroatoms. The summed E-state index contributed by atoms with van der Waals surface area (Å²) in [4.78, 5) is 11.8. The van der Waals surface area contributed by atoms with Crippen molar-refractivity contribution in [3.05, 3.63) is 18.2 Å². The zero-order valence-electron chi connectivity index (χ0n) is 11.3. The van der Waals surface area contributed by atoms with Gasteiger partial charge in [0.05, 0.1) is 38.5 Å². The Labute approximate surface area is 111 Å². The number of aliphatic hydroxyl groups excluding tert-OH is 1. The smallest absolute Gasteiger partial charge is 0.248 e. The summed E-state index contributed by atoms with van der Waals surface area (Å²) in [5.74, 6) is 1.03. The number of benzene rings is 1. The summed E-state index contributed by atoms with van der Waals surface area (Å²) in [5.41, 5.74) is 2.73. The van der Waals surface area contributed by atoms with Gasteiger partial charge in [-0.3, -0.25) is 15.2 Å². The van der Waals surface area contributed by atoms with Crippen LogP contribution in [0.15, 0.2) is 18.2 Å². The maximum absolute atomic E-state index is 11.8. The number of ether oxygens (including phenoxy) is 2. The van der Waals surface area contributed by atoms with E-state index in [9.17, 15) is 9.90 Å². The van der Waals surface area contributed by atoms with Crippen molar-refractivity contribution < 1.29 is 19.4 Å². The number of hydrogen-bond donors (Lipinski definition) is 2. The zero-order chi connectivity index (χ0) is 14.0. The molecule has 104 valence electrons. The highest BCUT2D eigenvalue weighted by molar-refractivity contribution is 5.87. The van der Waals surface area contributed by atoms with Crippen LogP contribution in [0.1, 0.15) is 6.92 Å². The molecule has 0 saturated carbocycles. The molecule has 1 fully saturated rings. The van der Waals surface area contributed by atoms with Crippen LogP contribution >= 0.6 is 0 Å². The van der Waals surface area contributed by atoms with Gasteiger partial charge in [0, 0.05) is 6.07 Å². The van der Waals surface area contributed by atoms with Crippen molar-refractivity contribution in [3.63, 3.8) is 0 Å². The van der Waals surface area contributed by atoms with Crippen LogP contribution in [0.3, 0.4) is 0 Å². The summed E-state index contributed by atoms with van der Waals surface area (Å²) in [7, 11) is 3.13. The second-order valence-electron chi connectivity index (χ2n) is 4.79. The lowest BCUT2D eigenvalue weighted by Gasteiger charge is -2.20. The zero-order valence-corrected chi connectivity index (χ0v) is 11.3. The summed E-state index contributed by atoms with van der Waals surface area (Å²) in [6.45, 7) is 1.93. The molecule has 1 aromatic rings. The second-order valence-corrected chi connectivity index (χ2v) is 4.79. The number of hydrazine groups is 1. The Hall–Kier alpha value is -1.95. The second kappa shape index (κ2) is 4.97. The molecule has 2 N–H and O–H groups in total. The standard InChI is InChI=1S/C13H18N2O4/c1-13(8-16)7-15(14-12(13)17)9-4-5-10(18-2)11(6-9)19-3/h4-6,16H,7-8H2,1-3H3,(H,14,17). The molecule has 1 unspecified atom stereocenters. The largest absolute Gasteiger partial charge is 0.493 e. The van der Waals surface area contributed by atoms with E-state index >= 15 is 0 Å². The van der Waals surface area contributed by atoms with Gasteiger partial charge in [0.1, 0.15) is 0 Å².